The monoisotopic (exact) mass is 237 g/mol. The van der Waals surface area contributed by atoms with Gasteiger partial charge in [-0.3, -0.25) is 4.68 Å². The minimum Gasteiger partial charge on any atom is -0.391 e. The standard InChI is InChI=1S/C13H23N3O/c1-10-11(8-14-2)9-15-16(10)12-6-4-3-5-7-13(12)17/h9,12-14,17H,3-8H2,1-2H3. The average Bonchev–Trinajstić information content (AvgIpc) is 2.54. The van der Waals surface area contributed by atoms with E-state index in [1.165, 1.54) is 24.1 Å². The molecule has 4 nitrogen and oxygen atoms in total. The number of rotatable bonds is 3. The predicted molar refractivity (Wildman–Crippen MR) is 67.9 cm³/mol. The van der Waals surface area contributed by atoms with Crippen LogP contribution >= 0.6 is 0 Å². The van der Waals surface area contributed by atoms with Gasteiger partial charge < -0.3 is 10.4 Å². The molecule has 1 fully saturated rings. The fourth-order valence-electron chi connectivity index (χ4n) is 2.71. The van der Waals surface area contributed by atoms with Crippen molar-refractivity contribution in [1.82, 2.24) is 15.1 Å². The summed E-state index contributed by atoms with van der Waals surface area (Å²) >= 11 is 0. The van der Waals surface area contributed by atoms with Crippen molar-refractivity contribution in [1.29, 1.82) is 0 Å². The van der Waals surface area contributed by atoms with Crippen LogP contribution in [0.1, 0.15) is 49.4 Å². The van der Waals surface area contributed by atoms with Crippen molar-refractivity contribution in [3.63, 3.8) is 0 Å². The lowest BCUT2D eigenvalue weighted by Crippen LogP contribution is -2.25. The molecule has 0 bridgehead atoms. The first-order valence-electron chi connectivity index (χ1n) is 6.59. The molecule has 17 heavy (non-hydrogen) atoms. The van der Waals surface area contributed by atoms with Gasteiger partial charge in [-0.15, -0.1) is 0 Å². The van der Waals surface area contributed by atoms with E-state index in [2.05, 4.69) is 17.3 Å². The lowest BCUT2D eigenvalue weighted by molar-refractivity contribution is 0.0979. The molecule has 1 aliphatic rings. The van der Waals surface area contributed by atoms with Crippen molar-refractivity contribution in [3.8, 4) is 0 Å². The van der Waals surface area contributed by atoms with Crippen molar-refractivity contribution < 1.29 is 5.11 Å². The molecule has 1 saturated carbocycles. The maximum atomic E-state index is 10.2. The van der Waals surface area contributed by atoms with E-state index in [9.17, 15) is 5.11 Å². The van der Waals surface area contributed by atoms with Gasteiger partial charge in [-0.2, -0.15) is 5.10 Å². The molecule has 1 aliphatic carbocycles. The Balaban J connectivity index is 2.19. The minimum atomic E-state index is -0.237. The van der Waals surface area contributed by atoms with Gasteiger partial charge in [0.15, 0.2) is 0 Å². The summed E-state index contributed by atoms with van der Waals surface area (Å²) in [5.74, 6) is 0. The molecule has 0 radical (unpaired) electrons. The highest BCUT2D eigenvalue weighted by Gasteiger charge is 2.25. The van der Waals surface area contributed by atoms with Crippen LogP contribution in [0.25, 0.3) is 0 Å². The van der Waals surface area contributed by atoms with Crippen molar-refractivity contribution >= 4 is 0 Å². The topological polar surface area (TPSA) is 50.1 Å². The molecule has 0 saturated heterocycles. The van der Waals surface area contributed by atoms with Gasteiger partial charge in [0.1, 0.15) is 0 Å². The molecule has 2 N–H and O–H groups in total. The maximum Gasteiger partial charge on any atom is 0.0781 e. The second-order valence-corrected chi connectivity index (χ2v) is 5.00. The van der Waals surface area contributed by atoms with Crippen LogP contribution in [0.2, 0.25) is 0 Å². The Morgan fingerprint density at radius 3 is 2.94 bits per heavy atom. The van der Waals surface area contributed by atoms with Crippen molar-refractivity contribution in [2.24, 2.45) is 0 Å². The zero-order valence-corrected chi connectivity index (χ0v) is 10.8. The average molecular weight is 237 g/mol. The van der Waals surface area contributed by atoms with Gasteiger partial charge >= 0.3 is 0 Å². The Labute approximate surface area is 103 Å². The zero-order chi connectivity index (χ0) is 12.3. The van der Waals surface area contributed by atoms with E-state index in [-0.39, 0.29) is 12.1 Å². The molecule has 96 valence electrons. The SMILES string of the molecule is CNCc1cnn(C2CCCCCC2O)c1C. The molecule has 1 aromatic heterocycles. The third kappa shape index (κ3) is 2.69. The van der Waals surface area contributed by atoms with Crippen LogP contribution in [0.4, 0.5) is 0 Å². The van der Waals surface area contributed by atoms with Crippen molar-refractivity contribution in [3.05, 3.63) is 17.5 Å². The molecular weight excluding hydrogens is 214 g/mol. The number of aromatic nitrogens is 2. The molecule has 2 unspecified atom stereocenters. The minimum absolute atomic E-state index is 0.170. The highest BCUT2D eigenvalue weighted by atomic mass is 16.3. The third-order valence-electron chi connectivity index (χ3n) is 3.77. The Morgan fingerprint density at radius 2 is 2.18 bits per heavy atom. The van der Waals surface area contributed by atoms with E-state index in [0.717, 1.165) is 25.8 Å². The highest BCUT2D eigenvalue weighted by Crippen LogP contribution is 2.28. The molecule has 2 atom stereocenters. The van der Waals surface area contributed by atoms with Crippen molar-refractivity contribution in [2.45, 2.75) is 57.7 Å². The van der Waals surface area contributed by atoms with Crippen LogP contribution in [0.3, 0.4) is 0 Å². The second-order valence-electron chi connectivity index (χ2n) is 5.00. The Kier molecular flexibility index (Phi) is 4.18. The van der Waals surface area contributed by atoms with E-state index < -0.39 is 0 Å². The van der Waals surface area contributed by atoms with E-state index in [1.54, 1.807) is 0 Å². The highest BCUT2D eigenvalue weighted by molar-refractivity contribution is 5.16. The van der Waals surface area contributed by atoms with E-state index >= 15 is 0 Å². The molecule has 1 heterocycles. The van der Waals surface area contributed by atoms with Crippen LogP contribution in [0, 0.1) is 6.92 Å². The first-order valence-corrected chi connectivity index (χ1v) is 6.59. The molecule has 0 spiro atoms. The number of hydrogen-bond donors (Lipinski definition) is 2. The first-order chi connectivity index (χ1) is 8.24. The van der Waals surface area contributed by atoms with Gasteiger partial charge in [0.2, 0.25) is 0 Å². The third-order valence-corrected chi connectivity index (χ3v) is 3.77. The zero-order valence-electron chi connectivity index (χ0n) is 10.8. The van der Waals surface area contributed by atoms with Crippen molar-refractivity contribution in [2.75, 3.05) is 7.05 Å². The molecule has 4 heteroatoms. The molecule has 2 rings (SSSR count). The molecule has 1 aromatic rings. The fraction of sp³-hybridized carbons (Fsp3) is 0.769. The van der Waals surface area contributed by atoms with Gasteiger partial charge in [-0.25, -0.2) is 0 Å². The largest absolute Gasteiger partial charge is 0.391 e. The lowest BCUT2D eigenvalue weighted by Gasteiger charge is -2.22. The van der Waals surface area contributed by atoms with E-state index in [0.29, 0.717) is 0 Å². The first kappa shape index (κ1) is 12.6. The summed E-state index contributed by atoms with van der Waals surface area (Å²) in [4.78, 5) is 0. The molecular formula is C13H23N3O. The lowest BCUT2D eigenvalue weighted by atomic mass is 10.1. The fourth-order valence-corrected chi connectivity index (χ4v) is 2.71. The number of aliphatic hydroxyl groups is 1. The summed E-state index contributed by atoms with van der Waals surface area (Å²) in [6.45, 7) is 2.94. The Bertz CT molecular complexity index is 362. The number of hydrogen-bond acceptors (Lipinski definition) is 3. The summed E-state index contributed by atoms with van der Waals surface area (Å²) in [5, 5.41) is 17.8. The van der Waals surface area contributed by atoms with Crippen LogP contribution in [0.5, 0.6) is 0 Å². The van der Waals surface area contributed by atoms with Crippen LogP contribution in [-0.4, -0.2) is 28.0 Å². The predicted octanol–water partition coefficient (Wildman–Crippen LogP) is 1.78. The van der Waals surface area contributed by atoms with Gasteiger partial charge in [-0.1, -0.05) is 19.3 Å². The molecule has 0 amide bonds. The summed E-state index contributed by atoms with van der Waals surface area (Å²) < 4.78 is 2.03. The van der Waals surface area contributed by atoms with Gasteiger partial charge in [0, 0.05) is 17.8 Å². The number of nitrogens with zero attached hydrogens (tertiary/aromatic N) is 2. The van der Waals surface area contributed by atoms with Crippen LogP contribution < -0.4 is 5.32 Å². The maximum absolute atomic E-state index is 10.2. The number of aliphatic hydroxyl groups excluding tert-OH is 1. The molecule has 0 aliphatic heterocycles. The van der Waals surface area contributed by atoms with E-state index in [4.69, 9.17) is 0 Å². The van der Waals surface area contributed by atoms with Crippen LogP contribution in [0.15, 0.2) is 6.20 Å². The molecule has 0 aromatic carbocycles. The summed E-state index contributed by atoms with van der Waals surface area (Å²) in [7, 11) is 1.94. The summed E-state index contributed by atoms with van der Waals surface area (Å²) in [6, 6.07) is 0.170. The van der Waals surface area contributed by atoms with E-state index in [1.807, 2.05) is 17.9 Å². The smallest absolute Gasteiger partial charge is 0.0781 e. The normalized spacial score (nSPS) is 25.8. The Hall–Kier alpha value is -0.870. The Morgan fingerprint density at radius 1 is 1.41 bits per heavy atom. The van der Waals surface area contributed by atoms with Gasteiger partial charge in [0.25, 0.3) is 0 Å². The number of nitrogens with one attached hydrogen (secondary N) is 1. The summed E-state index contributed by atoms with van der Waals surface area (Å²) in [6.07, 6.45) is 7.21. The van der Waals surface area contributed by atoms with Gasteiger partial charge in [-0.05, 0) is 26.8 Å². The summed E-state index contributed by atoms with van der Waals surface area (Å²) in [5.41, 5.74) is 2.41. The second kappa shape index (κ2) is 5.65. The quantitative estimate of drug-likeness (QED) is 0.788. The van der Waals surface area contributed by atoms with Gasteiger partial charge in [0.05, 0.1) is 18.3 Å². The van der Waals surface area contributed by atoms with Crippen LogP contribution in [-0.2, 0) is 6.54 Å².